The molecule has 0 spiro atoms. The lowest BCUT2D eigenvalue weighted by atomic mass is 10.0. The molecule has 174 valence electrons. The second-order valence-corrected chi connectivity index (χ2v) is 8.44. The highest BCUT2D eigenvalue weighted by atomic mass is 35.5. The highest BCUT2D eigenvalue weighted by molar-refractivity contribution is 6.32. The summed E-state index contributed by atoms with van der Waals surface area (Å²) in [5.74, 6) is 0.639. The van der Waals surface area contributed by atoms with Crippen LogP contribution in [0, 0.1) is 11.3 Å². The summed E-state index contributed by atoms with van der Waals surface area (Å²) in [5, 5.41) is 18.1. The molecule has 0 radical (unpaired) electrons. The number of methoxy groups -OCH3 is 2. The third-order valence-corrected chi connectivity index (χ3v) is 5.59. The van der Waals surface area contributed by atoms with E-state index in [0.29, 0.717) is 36.0 Å². The predicted molar refractivity (Wildman–Crippen MR) is 133 cm³/mol. The molecular formula is C25H30ClN5O2. The van der Waals surface area contributed by atoms with Gasteiger partial charge in [-0.25, -0.2) is 0 Å². The summed E-state index contributed by atoms with van der Waals surface area (Å²) < 4.78 is 10.7. The number of benzene rings is 2. The quantitative estimate of drug-likeness (QED) is 0.409. The van der Waals surface area contributed by atoms with Crippen LogP contribution in [0.3, 0.4) is 0 Å². The molecule has 0 aliphatic carbocycles. The van der Waals surface area contributed by atoms with Crippen molar-refractivity contribution in [2.24, 2.45) is 0 Å². The highest BCUT2D eigenvalue weighted by Gasteiger charge is 2.14. The normalized spacial score (nSPS) is 11.1. The minimum Gasteiger partial charge on any atom is -0.495 e. The average Bonchev–Trinajstić information content (AvgIpc) is 2.80. The van der Waals surface area contributed by atoms with Gasteiger partial charge in [-0.05, 0) is 49.5 Å². The van der Waals surface area contributed by atoms with Crippen molar-refractivity contribution < 1.29 is 9.47 Å². The van der Waals surface area contributed by atoms with E-state index < -0.39 is 0 Å². The van der Waals surface area contributed by atoms with Gasteiger partial charge in [-0.3, -0.25) is 4.98 Å². The van der Waals surface area contributed by atoms with Gasteiger partial charge in [0, 0.05) is 50.4 Å². The van der Waals surface area contributed by atoms with Crippen LogP contribution in [0.2, 0.25) is 5.02 Å². The van der Waals surface area contributed by atoms with Crippen LogP contribution in [-0.4, -0.2) is 51.3 Å². The highest BCUT2D eigenvalue weighted by Crippen LogP contribution is 2.31. The minimum absolute atomic E-state index is 0.405. The Kier molecular flexibility index (Phi) is 8.87. The molecule has 0 aliphatic heterocycles. The van der Waals surface area contributed by atoms with E-state index in [9.17, 15) is 5.26 Å². The second kappa shape index (κ2) is 11.8. The van der Waals surface area contributed by atoms with E-state index in [-0.39, 0.29) is 0 Å². The average molecular weight is 468 g/mol. The van der Waals surface area contributed by atoms with Gasteiger partial charge in [0.25, 0.3) is 0 Å². The maximum absolute atomic E-state index is 9.65. The molecule has 0 atom stereocenters. The Hall–Kier alpha value is -2.89. The van der Waals surface area contributed by atoms with Gasteiger partial charge in [0.1, 0.15) is 5.75 Å². The largest absolute Gasteiger partial charge is 0.495 e. The number of fused-ring (bicyclic) bond motifs is 1. The zero-order chi connectivity index (χ0) is 23.8. The molecule has 0 bridgehead atoms. The lowest BCUT2D eigenvalue weighted by molar-refractivity contribution is 0.185. The van der Waals surface area contributed by atoms with Crippen LogP contribution >= 0.6 is 11.6 Å². The van der Waals surface area contributed by atoms with E-state index in [4.69, 9.17) is 26.1 Å². The molecule has 0 unspecified atom stereocenters. The van der Waals surface area contributed by atoms with Crippen molar-refractivity contribution in [2.75, 3.05) is 46.7 Å². The summed E-state index contributed by atoms with van der Waals surface area (Å²) in [4.78, 5) is 6.85. The number of nitrogens with one attached hydrogen (secondary N) is 2. The molecule has 0 fully saturated rings. The topological polar surface area (TPSA) is 82.4 Å². The van der Waals surface area contributed by atoms with Gasteiger partial charge >= 0.3 is 0 Å². The number of aromatic nitrogens is 1. The first-order chi connectivity index (χ1) is 16.0. The number of nitrogens with zero attached hydrogens (tertiary/aromatic N) is 3. The van der Waals surface area contributed by atoms with Crippen molar-refractivity contribution in [1.29, 1.82) is 5.26 Å². The van der Waals surface area contributed by atoms with Gasteiger partial charge in [-0.2, -0.15) is 5.26 Å². The number of rotatable bonds is 11. The van der Waals surface area contributed by atoms with Crippen LogP contribution in [0.1, 0.15) is 22.3 Å². The number of pyridine rings is 1. The monoisotopic (exact) mass is 467 g/mol. The van der Waals surface area contributed by atoms with E-state index in [1.807, 2.05) is 50.6 Å². The molecular weight excluding hydrogens is 438 g/mol. The van der Waals surface area contributed by atoms with E-state index in [0.717, 1.165) is 46.4 Å². The van der Waals surface area contributed by atoms with Gasteiger partial charge in [0.05, 0.1) is 41.6 Å². The minimum atomic E-state index is 0.405. The Morgan fingerprint density at radius 1 is 1.12 bits per heavy atom. The maximum Gasteiger partial charge on any atom is 0.137 e. The van der Waals surface area contributed by atoms with E-state index in [1.165, 1.54) is 0 Å². The Morgan fingerprint density at radius 3 is 2.61 bits per heavy atom. The predicted octanol–water partition coefficient (Wildman–Crippen LogP) is 4.18. The van der Waals surface area contributed by atoms with Crippen LogP contribution < -0.4 is 15.4 Å². The van der Waals surface area contributed by atoms with Crippen molar-refractivity contribution in [3.05, 3.63) is 63.8 Å². The van der Waals surface area contributed by atoms with Gasteiger partial charge < -0.3 is 25.0 Å². The molecule has 2 aromatic carbocycles. The number of ether oxygens (including phenoxy) is 2. The Bertz CT molecular complexity index is 1140. The third kappa shape index (κ3) is 6.34. The SMILES string of the molecule is COCc1cnc2c(CNCCN(C)C)cc(C#N)cc2c1NCc1ccc(OC)c(Cl)c1. The van der Waals surface area contributed by atoms with Crippen molar-refractivity contribution >= 4 is 28.2 Å². The smallest absolute Gasteiger partial charge is 0.137 e. The number of halogens is 1. The molecule has 8 heteroatoms. The molecule has 2 N–H and O–H groups in total. The van der Waals surface area contributed by atoms with Gasteiger partial charge in [0.15, 0.2) is 0 Å². The van der Waals surface area contributed by atoms with Gasteiger partial charge in [-0.1, -0.05) is 17.7 Å². The summed E-state index contributed by atoms with van der Waals surface area (Å²) in [6.45, 7) is 3.35. The Balaban J connectivity index is 1.96. The molecule has 3 rings (SSSR count). The number of hydrogen-bond acceptors (Lipinski definition) is 7. The third-order valence-electron chi connectivity index (χ3n) is 5.29. The first kappa shape index (κ1) is 24.7. The summed E-state index contributed by atoms with van der Waals surface area (Å²) in [5.41, 5.74) is 5.28. The summed E-state index contributed by atoms with van der Waals surface area (Å²) >= 11 is 6.30. The molecule has 0 saturated heterocycles. The molecule has 0 aliphatic rings. The fourth-order valence-corrected chi connectivity index (χ4v) is 3.91. The zero-order valence-corrected chi connectivity index (χ0v) is 20.3. The van der Waals surface area contributed by atoms with E-state index >= 15 is 0 Å². The summed E-state index contributed by atoms with van der Waals surface area (Å²) in [7, 11) is 7.34. The van der Waals surface area contributed by atoms with Crippen LogP contribution in [-0.2, 0) is 24.4 Å². The lowest BCUT2D eigenvalue weighted by Crippen LogP contribution is -2.26. The Morgan fingerprint density at radius 2 is 1.94 bits per heavy atom. The second-order valence-electron chi connectivity index (χ2n) is 8.04. The van der Waals surface area contributed by atoms with E-state index in [2.05, 4.69) is 21.6 Å². The first-order valence-electron chi connectivity index (χ1n) is 10.7. The fraction of sp³-hybridized carbons (Fsp3) is 0.360. The van der Waals surface area contributed by atoms with Crippen molar-refractivity contribution in [3.8, 4) is 11.8 Å². The lowest BCUT2D eigenvalue weighted by Gasteiger charge is -2.17. The van der Waals surface area contributed by atoms with Crippen molar-refractivity contribution in [3.63, 3.8) is 0 Å². The molecule has 33 heavy (non-hydrogen) atoms. The van der Waals surface area contributed by atoms with Gasteiger partial charge in [-0.15, -0.1) is 0 Å². The molecule has 7 nitrogen and oxygen atoms in total. The maximum atomic E-state index is 9.65. The number of likely N-dealkylation sites (N-methyl/N-ethyl adjacent to an activating group) is 1. The molecule has 3 aromatic rings. The zero-order valence-electron chi connectivity index (χ0n) is 19.5. The van der Waals surface area contributed by atoms with Crippen LogP contribution in [0.25, 0.3) is 10.9 Å². The van der Waals surface area contributed by atoms with Gasteiger partial charge in [0.2, 0.25) is 0 Å². The van der Waals surface area contributed by atoms with Crippen LogP contribution in [0.4, 0.5) is 5.69 Å². The molecule has 0 saturated carbocycles. The van der Waals surface area contributed by atoms with Crippen LogP contribution in [0.5, 0.6) is 5.75 Å². The fourth-order valence-electron chi connectivity index (χ4n) is 3.63. The summed E-state index contributed by atoms with van der Waals surface area (Å²) in [6.07, 6.45) is 1.84. The van der Waals surface area contributed by atoms with Crippen molar-refractivity contribution in [2.45, 2.75) is 19.7 Å². The number of nitriles is 1. The van der Waals surface area contributed by atoms with E-state index in [1.54, 1.807) is 14.2 Å². The molecule has 1 aromatic heterocycles. The molecule has 1 heterocycles. The number of hydrogen-bond donors (Lipinski definition) is 2. The first-order valence-corrected chi connectivity index (χ1v) is 11.1. The molecule has 0 amide bonds. The Labute approximate surface area is 200 Å². The summed E-state index contributed by atoms with van der Waals surface area (Å²) in [6, 6.07) is 11.8. The number of anilines is 1. The van der Waals surface area contributed by atoms with Crippen molar-refractivity contribution in [1.82, 2.24) is 15.2 Å². The van der Waals surface area contributed by atoms with Crippen LogP contribution in [0.15, 0.2) is 36.5 Å². The standard InChI is InChI=1S/C25H30ClN5O2/c1-31(2)8-7-28-14-19-9-18(12-27)10-21-24(19)30-15-20(16-32-3)25(21)29-13-17-5-6-23(33-4)22(26)11-17/h5-6,9-11,15,28H,7-8,13-14,16H2,1-4H3,(H,29,30).